The molecule has 0 bridgehead atoms. The Morgan fingerprint density at radius 2 is 1.85 bits per heavy atom. The van der Waals surface area contributed by atoms with Gasteiger partial charge in [0.15, 0.2) is 0 Å². The normalized spacial score (nSPS) is 14.6. The molecule has 20 heavy (non-hydrogen) atoms. The lowest BCUT2D eigenvalue weighted by Gasteiger charge is -2.21. The molecule has 0 aliphatic heterocycles. The minimum absolute atomic E-state index is 0.194. The van der Waals surface area contributed by atoms with Gasteiger partial charge >= 0.3 is 5.97 Å². The number of carbonyl (C=O) groups is 3. The van der Waals surface area contributed by atoms with Crippen LogP contribution < -0.4 is 11.1 Å². The van der Waals surface area contributed by atoms with Crippen molar-refractivity contribution >= 4 is 18.2 Å². The standard InChI is InChI=1S/C14H26N2O4/c1-9(2)6-11(15)13(19)16-10(8-17)7-12(18)20-14(3,4)5/h8-11H,6-7,15H2,1-5H3,(H,16,19)/t10?,11-/m0/s1. The zero-order chi connectivity index (χ0) is 15.9. The molecule has 2 atom stereocenters. The van der Waals surface area contributed by atoms with Crippen LogP contribution in [0, 0.1) is 5.92 Å². The monoisotopic (exact) mass is 286 g/mol. The van der Waals surface area contributed by atoms with E-state index in [0.29, 0.717) is 12.7 Å². The van der Waals surface area contributed by atoms with Crippen LogP contribution in [0.4, 0.5) is 0 Å². The molecule has 0 radical (unpaired) electrons. The van der Waals surface area contributed by atoms with Gasteiger partial charge in [-0.15, -0.1) is 0 Å². The van der Waals surface area contributed by atoms with Gasteiger partial charge in [-0.05, 0) is 33.1 Å². The third-order valence-electron chi connectivity index (χ3n) is 2.36. The molecule has 1 amide bonds. The summed E-state index contributed by atoms with van der Waals surface area (Å²) < 4.78 is 5.10. The van der Waals surface area contributed by atoms with Crippen LogP contribution in [0.25, 0.3) is 0 Å². The average Bonchev–Trinajstić information content (AvgIpc) is 2.24. The summed E-state index contributed by atoms with van der Waals surface area (Å²) in [5, 5.41) is 2.46. The zero-order valence-electron chi connectivity index (χ0n) is 12.9. The van der Waals surface area contributed by atoms with Crippen LogP contribution in [0.1, 0.15) is 47.5 Å². The third kappa shape index (κ3) is 8.63. The van der Waals surface area contributed by atoms with E-state index in [4.69, 9.17) is 10.5 Å². The van der Waals surface area contributed by atoms with E-state index >= 15 is 0 Å². The van der Waals surface area contributed by atoms with Gasteiger partial charge in [-0.2, -0.15) is 0 Å². The van der Waals surface area contributed by atoms with Crippen molar-refractivity contribution in [1.29, 1.82) is 0 Å². The Labute approximate surface area is 120 Å². The highest BCUT2D eigenvalue weighted by Gasteiger charge is 2.23. The van der Waals surface area contributed by atoms with Crippen molar-refractivity contribution in [3.8, 4) is 0 Å². The fourth-order valence-corrected chi connectivity index (χ4v) is 1.60. The fourth-order valence-electron chi connectivity index (χ4n) is 1.60. The van der Waals surface area contributed by atoms with Crippen molar-refractivity contribution in [2.75, 3.05) is 0 Å². The maximum Gasteiger partial charge on any atom is 0.308 e. The first kappa shape index (κ1) is 18.6. The molecule has 3 N–H and O–H groups in total. The molecule has 0 spiro atoms. The van der Waals surface area contributed by atoms with Crippen LogP contribution in [-0.4, -0.2) is 35.8 Å². The van der Waals surface area contributed by atoms with Crippen molar-refractivity contribution in [3.63, 3.8) is 0 Å². The van der Waals surface area contributed by atoms with Gasteiger partial charge in [0.1, 0.15) is 11.9 Å². The van der Waals surface area contributed by atoms with Gasteiger partial charge in [0.25, 0.3) is 0 Å². The molecule has 0 aromatic heterocycles. The molecule has 0 aromatic carbocycles. The molecule has 0 fully saturated rings. The van der Waals surface area contributed by atoms with Crippen molar-refractivity contribution in [1.82, 2.24) is 5.32 Å². The maximum atomic E-state index is 11.8. The van der Waals surface area contributed by atoms with Crippen LogP contribution in [0.5, 0.6) is 0 Å². The van der Waals surface area contributed by atoms with Crippen LogP contribution in [0.2, 0.25) is 0 Å². The quantitative estimate of drug-likeness (QED) is 0.532. The van der Waals surface area contributed by atoms with Gasteiger partial charge in [-0.25, -0.2) is 0 Å². The molecular formula is C14H26N2O4. The first-order valence-corrected chi connectivity index (χ1v) is 6.78. The lowest BCUT2D eigenvalue weighted by Crippen LogP contribution is -2.47. The Bertz CT molecular complexity index is 348. The van der Waals surface area contributed by atoms with Gasteiger partial charge in [-0.1, -0.05) is 13.8 Å². The van der Waals surface area contributed by atoms with Crippen LogP contribution in [-0.2, 0) is 19.1 Å². The molecule has 0 aliphatic carbocycles. The number of ether oxygens (including phenoxy) is 1. The van der Waals surface area contributed by atoms with Gasteiger partial charge in [0.05, 0.1) is 18.5 Å². The van der Waals surface area contributed by atoms with Crippen molar-refractivity contribution in [2.24, 2.45) is 11.7 Å². The second kappa shape index (κ2) is 7.99. The molecule has 0 saturated heterocycles. The Hall–Kier alpha value is -1.43. The third-order valence-corrected chi connectivity index (χ3v) is 2.36. The van der Waals surface area contributed by atoms with Gasteiger partial charge in [0.2, 0.25) is 5.91 Å². The fraction of sp³-hybridized carbons (Fsp3) is 0.786. The number of carbonyl (C=O) groups excluding carboxylic acids is 3. The van der Waals surface area contributed by atoms with E-state index in [9.17, 15) is 14.4 Å². The summed E-state index contributed by atoms with van der Waals surface area (Å²) in [6.07, 6.45) is 0.842. The lowest BCUT2D eigenvalue weighted by atomic mass is 10.0. The second-order valence-corrected chi connectivity index (χ2v) is 6.28. The molecule has 6 nitrogen and oxygen atoms in total. The summed E-state index contributed by atoms with van der Waals surface area (Å²) in [6, 6.07) is -1.59. The average molecular weight is 286 g/mol. The van der Waals surface area contributed by atoms with E-state index in [2.05, 4.69) is 5.32 Å². The minimum atomic E-state index is -0.907. The van der Waals surface area contributed by atoms with E-state index < -0.39 is 29.6 Å². The summed E-state index contributed by atoms with van der Waals surface area (Å²) in [4.78, 5) is 34.3. The molecule has 116 valence electrons. The summed E-state index contributed by atoms with van der Waals surface area (Å²) in [5.74, 6) is -0.692. The summed E-state index contributed by atoms with van der Waals surface area (Å²) in [5.41, 5.74) is 5.09. The largest absolute Gasteiger partial charge is 0.460 e. The smallest absolute Gasteiger partial charge is 0.308 e. The Balaban J connectivity index is 4.38. The van der Waals surface area contributed by atoms with Crippen molar-refractivity contribution < 1.29 is 19.1 Å². The molecule has 0 aliphatic rings. The van der Waals surface area contributed by atoms with Crippen molar-refractivity contribution in [3.05, 3.63) is 0 Å². The molecular weight excluding hydrogens is 260 g/mol. The summed E-state index contributed by atoms with van der Waals surface area (Å²) >= 11 is 0. The SMILES string of the molecule is CC(C)C[C@H](N)C(=O)NC(C=O)CC(=O)OC(C)(C)C. The highest BCUT2D eigenvalue weighted by Crippen LogP contribution is 2.09. The summed E-state index contributed by atoms with van der Waals surface area (Å²) in [6.45, 7) is 9.10. The number of hydrogen-bond donors (Lipinski definition) is 2. The zero-order valence-corrected chi connectivity index (χ0v) is 12.9. The van der Waals surface area contributed by atoms with Gasteiger partial charge < -0.3 is 20.6 Å². The van der Waals surface area contributed by atoms with Crippen molar-refractivity contribution in [2.45, 2.75) is 65.1 Å². The number of nitrogens with two attached hydrogens (primary N) is 1. The van der Waals surface area contributed by atoms with E-state index in [1.807, 2.05) is 13.8 Å². The molecule has 6 heteroatoms. The first-order valence-electron chi connectivity index (χ1n) is 6.78. The second-order valence-electron chi connectivity index (χ2n) is 6.28. The van der Waals surface area contributed by atoms with Gasteiger partial charge in [0, 0.05) is 0 Å². The number of aldehydes is 1. The van der Waals surface area contributed by atoms with E-state index in [-0.39, 0.29) is 12.3 Å². The van der Waals surface area contributed by atoms with Crippen LogP contribution >= 0.6 is 0 Å². The van der Waals surface area contributed by atoms with Gasteiger partial charge in [-0.3, -0.25) is 9.59 Å². The highest BCUT2D eigenvalue weighted by atomic mass is 16.6. The van der Waals surface area contributed by atoms with E-state index in [0.717, 1.165) is 0 Å². The summed E-state index contributed by atoms with van der Waals surface area (Å²) in [7, 11) is 0. The lowest BCUT2D eigenvalue weighted by molar-refractivity contribution is -0.155. The number of nitrogens with one attached hydrogen (secondary N) is 1. The molecule has 0 heterocycles. The number of hydrogen-bond acceptors (Lipinski definition) is 5. The Kier molecular flexibility index (Phi) is 7.42. The number of rotatable bonds is 7. The highest BCUT2D eigenvalue weighted by molar-refractivity contribution is 5.86. The molecule has 1 unspecified atom stereocenters. The maximum absolute atomic E-state index is 11.8. The minimum Gasteiger partial charge on any atom is -0.460 e. The first-order chi connectivity index (χ1) is 9.05. The topological polar surface area (TPSA) is 98.5 Å². The number of amides is 1. The molecule has 0 rings (SSSR count). The predicted octanol–water partition coefficient (Wildman–Crippen LogP) is 0.775. The van der Waals surface area contributed by atoms with E-state index in [1.54, 1.807) is 20.8 Å². The number of esters is 1. The van der Waals surface area contributed by atoms with Crippen LogP contribution in [0.15, 0.2) is 0 Å². The molecule has 0 aromatic rings. The Morgan fingerprint density at radius 1 is 1.30 bits per heavy atom. The van der Waals surface area contributed by atoms with Crippen LogP contribution in [0.3, 0.4) is 0 Å². The molecule has 0 saturated carbocycles. The van der Waals surface area contributed by atoms with E-state index in [1.165, 1.54) is 0 Å². The predicted molar refractivity (Wildman–Crippen MR) is 75.9 cm³/mol. The Morgan fingerprint density at radius 3 is 2.25 bits per heavy atom.